The lowest BCUT2D eigenvalue weighted by molar-refractivity contribution is -0.137. The molecule has 0 radical (unpaired) electrons. The van der Waals surface area contributed by atoms with Crippen molar-refractivity contribution in [3.05, 3.63) is 88.6 Å². The molecule has 16 heteroatoms. The highest BCUT2D eigenvalue weighted by atomic mass is 19.4. The molecule has 2 aromatic carbocycles. The van der Waals surface area contributed by atoms with E-state index >= 15 is 0 Å². The molecular formula is C37H35F6N5O5. The van der Waals surface area contributed by atoms with Crippen molar-refractivity contribution < 1.29 is 50.1 Å². The van der Waals surface area contributed by atoms with Crippen LogP contribution in [0.25, 0.3) is 22.3 Å². The number of rotatable bonds is 8. The second-order valence-electron chi connectivity index (χ2n) is 14.0. The van der Waals surface area contributed by atoms with E-state index in [1.807, 2.05) is 6.92 Å². The zero-order valence-corrected chi connectivity index (χ0v) is 29.5. The number of halogens is 6. The second kappa shape index (κ2) is 13.5. The SMILES string of the molecule is COc1ncc(-c2ccc(C(=O)OC(C)(C)C)cc2C)cc1-c1cnc(N2CC(F)(F)C2)nc1CN1C(=O)O[C@H](c2cc(F)cc(C(F)(F)F)c2)[C@@H]1C. The normalized spacial score (nSPS) is 18.5. The number of amides is 1. The Kier molecular flexibility index (Phi) is 9.54. The second-order valence-corrected chi connectivity index (χ2v) is 14.0. The van der Waals surface area contributed by atoms with Crippen molar-refractivity contribution in [3.8, 4) is 28.1 Å². The number of carbonyl (C=O) groups excluding carboxylic acids is 2. The average molecular weight is 744 g/mol. The molecule has 1 amide bonds. The van der Waals surface area contributed by atoms with Crippen LogP contribution in [0.15, 0.2) is 54.9 Å². The molecule has 2 fully saturated rings. The first kappa shape index (κ1) is 37.4. The Morgan fingerprint density at radius 3 is 2.34 bits per heavy atom. The number of ether oxygens (including phenoxy) is 3. The molecule has 0 aliphatic carbocycles. The van der Waals surface area contributed by atoms with Gasteiger partial charge in [0.1, 0.15) is 17.5 Å². The van der Waals surface area contributed by atoms with Crippen LogP contribution in [0.3, 0.4) is 0 Å². The number of carbonyl (C=O) groups is 2. The highest BCUT2D eigenvalue weighted by Crippen LogP contribution is 2.41. The number of aryl methyl sites for hydroxylation is 1. The third-order valence-corrected chi connectivity index (χ3v) is 8.78. The molecule has 2 aliphatic rings. The molecule has 53 heavy (non-hydrogen) atoms. The van der Waals surface area contributed by atoms with Gasteiger partial charge < -0.3 is 19.1 Å². The number of benzene rings is 2. The lowest BCUT2D eigenvalue weighted by Crippen LogP contribution is -2.57. The summed E-state index contributed by atoms with van der Waals surface area (Å²) >= 11 is 0. The van der Waals surface area contributed by atoms with E-state index in [1.54, 1.807) is 51.2 Å². The summed E-state index contributed by atoms with van der Waals surface area (Å²) in [6, 6.07) is 7.82. The molecule has 280 valence electrons. The molecule has 6 rings (SSSR count). The van der Waals surface area contributed by atoms with Crippen LogP contribution in [0.5, 0.6) is 5.88 Å². The van der Waals surface area contributed by atoms with E-state index in [-0.39, 0.29) is 29.6 Å². The summed E-state index contributed by atoms with van der Waals surface area (Å²) in [6.45, 7) is 7.08. The largest absolute Gasteiger partial charge is 0.481 e. The zero-order valence-electron chi connectivity index (χ0n) is 29.5. The minimum Gasteiger partial charge on any atom is -0.481 e. The highest BCUT2D eigenvalue weighted by Gasteiger charge is 2.46. The fourth-order valence-corrected chi connectivity index (χ4v) is 6.23. The maximum Gasteiger partial charge on any atom is 0.416 e. The molecule has 0 unspecified atom stereocenters. The average Bonchev–Trinajstić information content (AvgIpc) is 3.34. The van der Waals surface area contributed by atoms with E-state index in [0.29, 0.717) is 33.9 Å². The molecule has 2 aromatic heterocycles. The van der Waals surface area contributed by atoms with Crippen molar-refractivity contribution >= 4 is 18.0 Å². The predicted octanol–water partition coefficient (Wildman–Crippen LogP) is 8.17. The van der Waals surface area contributed by atoms with Crippen LogP contribution in [0, 0.1) is 12.7 Å². The van der Waals surface area contributed by atoms with Crippen molar-refractivity contribution in [2.45, 2.75) is 71.0 Å². The number of cyclic esters (lactones) is 1. The third-order valence-electron chi connectivity index (χ3n) is 8.78. The van der Waals surface area contributed by atoms with Gasteiger partial charge in [-0.15, -0.1) is 0 Å². The van der Waals surface area contributed by atoms with Crippen LogP contribution in [-0.2, 0) is 22.2 Å². The van der Waals surface area contributed by atoms with Gasteiger partial charge in [0.25, 0.3) is 5.92 Å². The standard InChI is InChI=1S/C37H35F6N5O5/c1-19-9-21(32(49)53-35(3,4)5)7-8-26(19)23-12-27(31(51-6)44-14-23)28-15-45-33(47-17-36(39,40)18-47)46-29(28)16-48-20(2)30(52-34(48)50)22-10-24(37(41,42)43)13-25(38)11-22/h7-15,20,30H,16-18H2,1-6H3/t20-,30-/m0/s1. The van der Waals surface area contributed by atoms with Gasteiger partial charge >= 0.3 is 18.2 Å². The van der Waals surface area contributed by atoms with Gasteiger partial charge in [-0.05, 0) is 87.7 Å². The molecule has 2 saturated heterocycles. The Bertz CT molecular complexity index is 2080. The van der Waals surface area contributed by atoms with Gasteiger partial charge in [0, 0.05) is 29.1 Å². The Morgan fingerprint density at radius 1 is 1.00 bits per heavy atom. The van der Waals surface area contributed by atoms with Crippen LogP contribution >= 0.6 is 0 Å². The van der Waals surface area contributed by atoms with Gasteiger partial charge in [0.05, 0.1) is 49.6 Å². The van der Waals surface area contributed by atoms with Crippen LogP contribution < -0.4 is 9.64 Å². The van der Waals surface area contributed by atoms with Crippen LogP contribution in [0.2, 0.25) is 0 Å². The summed E-state index contributed by atoms with van der Waals surface area (Å²) in [6.07, 6.45) is -4.08. The van der Waals surface area contributed by atoms with E-state index in [1.165, 1.54) is 30.0 Å². The number of pyridine rings is 1. The summed E-state index contributed by atoms with van der Waals surface area (Å²) in [5.74, 6) is -4.49. The topological polar surface area (TPSA) is 107 Å². The van der Waals surface area contributed by atoms with Crippen molar-refractivity contribution in [1.29, 1.82) is 0 Å². The smallest absolute Gasteiger partial charge is 0.416 e. The molecule has 0 N–H and O–H groups in total. The molecule has 4 aromatic rings. The van der Waals surface area contributed by atoms with Crippen molar-refractivity contribution in [3.63, 3.8) is 0 Å². The Labute approximate surface area is 300 Å². The van der Waals surface area contributed by atoms with Crippen molar-refractivity contribution in [2.24, 2.45) is 0 Å². The first-order chi connectivity index (χ1) is 24.7. The first-order valence-electron chi connectivity index (χ1n) is 16.5. The molecule has 0 bridgehead atoms. The molecule has 4 heterocycles. The number of aromatic nitrogens is 3. The van der Waals surface area contributed by atoms with Crippen LogP contribution in [-0.4, -0.2) is 69.7 Å². The summed E-state index contributed by atoms with van der Waals surface area (Å²) < 4.78 is 99.1. The Morgan fingerprint density at radius 2 is 1.72 bits per heavy atom. The predicted molar refractivity (Wildman–Crippen MR) is 180 cm³/mol. The Balaban J connectivity index is 1.38. The van der Waals surface area contributed by atoms with E-state index in [9.17, 15) is 35.9 Å². The summed E-state index contributed by atoms with van der Waals surface area (Å²) in [5.41, 5.74) is 1.11. The first-order valence-corrected chi connectivity index (χ1v) is 16.5. The van der Waals surface area contributed by atoms with E-state index in [4.69, 9.17) is 14.2 Å². The van der Waals surface area contributed by atoms with E-state index < -0.39 is 66.4 Å². The third kappa shape index (κ3) is 7.86. The molecule has 0 saturated carbocycles. The number of hydrogen-bond donors (Lipinski definition) is 0. The number of hydrogen-bond acceptors (Lipinski definition) is 9. The minimum absolute atomic E-state index is 0.0388. The number of esters is 1. The van der Waals surface area contributed by atoms with E-state index in [2.05, 4.69) is 15.0 Å². The van der Waals surface area contributed by atoms with Crippen molar-refractivity contribution in [2.75, 3.05) is 25.1 Å². The molecule has 2 atom stereocenters. The highest BCUT2D eigenvalue weighted by molar-refractivity contribution is 5.91. The number of methoxy groups -OCH3 is 1. The van der Waals surface area contributed by atoms with E-state index in [0.717, 1.165) is 17.7 Å². The van der Waals surface area contributed by atoms with Crippen LogP contribution in [0.4, 0.5) is 37.1 Å². The fourth-order valence-electron chi connectivity index (χ4n) is 6.23. The summed E-state index contributed by atoms with van der Waals surface area (Å²) in [7, 11) is 1.39. The monoisotopic (exact) mass is 743 g/mol. The van der Waals surface area contributed by atoms with Crippen LogP contribution in [0.1, 0.15) is 66.5 Å². The number of alkyl halides is 5. The minimum atomic E-state index is -4.84. The molecular weight excluding hydrogens is 708 g/mol. The summed E-state index contributed by atoms with van der Waals surface area (Å²) in [5, 5.41) is 0. The maximum atomic E-state index is 14.3. The fraction of sp³-hybridized carbons (Fsp3) is 0.378. The Hall–Kier alpha value is -5.41. The molecule has 10 nitrogen and oxygen atoms in total. The van der Waals surface area contributed by atoms with Gasteiger partial charge in [-0.3, -0.25) is 4.90 Å². The van der Waals surface area contributed by atoms with Gasteiger partial charge in [-0.25, -0.2) is 37.7 Å². The summed E-state index contributed by atoms with van der Waals surface area (Å²) in [4.78, 5) is 41.8. The molecule has 2 aliphatic heterocycles. The van der Waals surface area contributed by atoms with Gasteiger partial charge in [-0.2, -0.15) is 13.2 Å². The van der Waals surface area contributed by atoms with Gasteiger partial charge in [0.2, 0.25) is 11.8 Å². The lowest BCUT2D eigenvalue weighted by Gasteiger charge is -2.38. The number of nitrogens with zero attached hydrogens (tertiary/aromatic N) is 5. The number of anilines is 1. The van der Waals surface area contributed by atoms with Gasteiger partial charge in [0.15, 0.2) is 0 Å². The quantitative estimate of drug-likeness (QED) is 0.131. The molecule has 0 spiro atoms. The van der Waals surface area contributed by atoms with Crippen molar-refractivity contribution in [1.82, 2.24) is 19.9 Å². The zero-order chi connectivity index (χ0) is 38.6. The van der Waals surface area contributed by atoms with Gasteiger partial charge in [-0.1, -0.05) is 6.07 Å². The maximum absolute atomic E-state index is 14.3. The lowest BCUT2D eigenvalue weighted by atomic mass is 9.96.